The molecule has 1 N–H and O–H groups in total. The van der Waals surface area contributed by atoms with Gasteiger partial charge in [0.15, 0.2) is 6.04 Å². The third-order valence-corrected chi connectivity index (χ3v) is 3.90. The van der Waals surface area contributed by atoms with Crippen LogP contribution in [0.4, 0.5) is 0 Å². The van der Waals surface area contributed by atoms with E-state index in [9.17, 15) is 9.59 Å². The Morgan fingerprint density at radius 3 is 1.92 bits per heavy atom. The van der Waals surface area contributed by atoms with Gasteiger partial charge in [0.1, 0.15) is 6.61 Å². The van der Waals surface area contributed by atoms with E-state index in [4.69, 9.17) is 4.74 Å². The predicted molar refractivity (Wildman–Crippen MR) is 99.3 cm³/mol. The van der Waals surface area contributed by atoms with E-state index in [1.54, 1.807) is 36.4 Å². The Hall–Kier alpha value is -3.40. The molecule has 0 aliphatic rings. The van der Waals surface area contributed by atoms with Gasteiger partial charge in [0.25, 0.3) is 5.91 Å². The van der Waals surface area contributed by atoms with Crippen LogP contribution in [0.15, 0.2) is 91.0 Å². The van der Waals surface area contributed by atoms with Crippen molar-refractivity contribution in [3.63, 3.8) is 0 Å². The maximum Gasteiger partial charge on any atom is 0.333 e. The van der Waals surface area contributed by atoms with Gasteiger partial charge < -0.3 is 10.1 Å². The second-order valence-corrected chi connectivity index (χ2v) is 5.78. The van der Waals surface area contributed by atoms with E-state index in [2.05, 4.69) is 5.32 Å². The smallest absolute Gasteiger partial charge is 0.333 e. The van der Waals surface area contributed by atoms with Crippen molar-refractivity contribution < 1.29 is 14.3 Å². The van der Waals surface area contributed by atoms with Gasteiger partial charge in [-0.15, -0.1) is 0 Å². The summed E-state index contributed by atoms with van der Waals surface area (Å²) in [5, 5.41) is 2.77. The highest BCUT2D eigenvalue weighted by molar-refractivity contribution is 5.97. The van der Waals surface area contributed by atoms with Crippen LogP contribution in [0.1, 0.15) is 27.5 Å². The van der Waals surface area contributed by atoms with Crippen LogP contribution >= 0.6 is 0 Å². The monoisotopic (exact) mass is 345 g/mol. The first-order valence-electron chi connectivity index (χ1n) is 8.35. The minimum absolute atomic E-state index is 0.157. The van der Waals surface area contributed by atoms with Crippen LogP contribution in [0.2, 0.25) is 0 Å². The Bertz CT molecular complexity index is 848. The quantitative estimate of drug-likeness (QED) is 0.689. The molecule has 3 rings (SSSR count). The number of hydrogen-bond donors (Lipinski definition) is 1. The molecular weight excluding hydrogens is 326 g/mol. The second-order valence-electron chi connectivity index (χ2n) is 5.78. The molecule has 1 atom stereocenters. The van der Waals surface area contributed by atoms with Crippen molar-refractivity contribution in [1.82, 2.24) is 5.32 Å². The van der Waals surface area contributed by atoms with Crippen LogP contribution in [0.5, 0.6) is 0 Å². The van der Waals surface area contributed by atoms with Gasteiger partial charge in [0.2, 0.25) is 0 Å². The summed E-state index contributed by atoms with van der Waals surface area (Å²) in [5.74, 6) is -0.819. The van der Waals surface area contributed by atoms with Crippen LogP contribution in [0.3, 0.4) is 0 Å². The van der Waals surface area contributed by atoms with E-state index in [1.807, 2.05) is 54.6 Å². The summed E-state index contributed by atoms with van der Waals surface area (Å²) < 4.78 is 5.43. The second kappa shape index (κ2) is 8.62. The molecule has 0 saturated heterocycles. The van der Waals surface area contributed by atoms with Crippen molar-refractivity contribution >= 4 is 11.9 Å². The molecular formula is C22H19NO3. The predicted octanol–water partition coefficient (Wildman–Crippen LogP) is 3.90. The summed E-state index contributed by atoms with van der Waals surface area (Å²) >= 11 is 0. The molecule has 0 aliphatic heterocycles. The minimum atomic E-state index is -0.868. The van der Waals surface area contributed by atoms with Gasteiger partial charge in [-0.25, -0.2) is 4.79 Å². The summed E-state index contributed by atoms with van der Waals surface area (Å²) in [6.07, 6.45) is 0. The van der Waals surface area contributed by atoms with Crippen LogP contribution in [0.25, 0.3) is 0 Å². The average Bonchev–Trinajstić information content (AvgIpc) is 2.72. The standard InChI is InChI=1S/C22H19NO3/c24-21(19-14-8-3-9-15-19)23-20(18-12-6-2-7-13-18)22(25)26-16-17-10-4-1-5-11-17/h1-15,20H,16H2,(H,23,24). The van der Waals surface area contributed by atoms with Crippen LogP contribution < -0.4 is 5.32 Å². The zero-order valence-corrected chi connectivity index (χ0v) is 14.2. The van der Waals surface area contributed by atoms with Crippen molar-refractivity contribution in [1.29, 1.82) is 0 Å². The lowest BCUT2D eigenvalue weighted by atomic mass is 10.1. The van der Waals surface area contributed by atoms with E-state index in [-0.39, 0.29) is 12.5 Å². The lowest BCUT2D eigenvalue weighted by Gasteiger charge is -2.18. The third-order valence-electron chi connectivity index (χ3n) is 3.90. The highest BCUT2D eigenvalue weighted by atomic mass is 16.5. The van der Waals surface area contributed by atoms with Gasteiger partial charge in [0.05, 0.1) is 0 Å². The molecule has 0 aliphatic carbocycles. The zero-order chi connectivity index (χ0) is 18.2. The van der Waals surface area contributed by atoms with Gasteiger partial charge in [-0.1, -0.05) is 78.9 Å². The SMILES string of the molecule is O=C(NC(C(=O)OCc1ccccc1)c1ccccc1)c1ccccc1. The normalized spacial score (nSPS) is 11.4. The first-order chi connectivity index (χ1) is 12.7. The number of hydrogen-bond acceptors (Lipinski definition) is 3. The molecule has 0 spiro atoms. The maximum absolute atomic E-state index is 12.6. The van der Waals surface area contributed by atoms with Crippen LogP contribution in [-0.2, 0) is 16.1 Å². The number of benzene rings is 3. The Morgan fingerprint density at radius 2 is 1.31 bits per heavy atom. The van der Waals surface area contributed by atoms with E-state index in [1.165, 1.54) is 0 Å². The van der Waals surface area contributed by atoms with Gasteiger partial charge in [-0.2, -0.15) is 0 Å². The molecule has 0 aromatic heterocycles. The lowest BCUT2D eigenvalue weighted by molar-refractivity contribution is -0.147. The first kappa shape index (κ1) is 17.4. The summed E-state index contributed by atoms with van der Waals surface area (Å²) in [4.78, 5) is 25.1. The highest BCUT2D eigenvalue weighted by Crippen LogP contribution is 2.16. The molecule has 0 heterocycles. The van der Waals surface area contributed by atoms with E-state index < -0.39 is 12.0 Å². The summed E-state index contributed by atoms with van der Waals surface area (Å²) in [6.45, 7) is 0.157. The van der Waals surface area contributed by atoms with Crippen molar-refractivity contribution in [3.05, 3.63) is 108 Å². The molecule has 1 amide bonds. The zero-order valence-electron chi connectivity index (χ0n) is 14.2. The summed E-state index contributed by atoms with van der Waals surface area (Å²) in [6, 6.07) is 26.4. The number of carbonyl (C=O) groups excluding carboxylic acids is 2. The Kier molecular flexibility index (Phi) is 5.78. The summed E-state index contributed by atoms with van der Waals surface area (Å²) in [5.41, 5.74) is 2.06. The van der Waals surface area contributed by atoms with Crippen molar-refractivity contribution in [2.75, 3.05) is 0 Å². The van der Waals surface area contributed by atoms with Gasteiger partial charge in [-0.05, 0) is 23.3 Å². The van der Waals surface area contributed by atoms with Crippen molar-refractivity contribution in [3.8, 4) is 0 Å². The highest BCUT2D eigenvalue weighted by Gasteiger charge is 2.24. The van der Waals surface area contributed by atoms with Gasteiger partial charge in [0, 0.05) is 5.56 Å². The number of nitrogens with one attached hydrogen (secondary N) is 1. The molecule has 1 unspecified atom stereocenters. The van der Waals surface area contributed by atoms with E-state index in [0.717, 1.165) is 5.56 Å². The Balaban J connectivity index is 1.75. The number of ether oxygens (including phenoxy) is 1. The molecule has 0 fully saturated rings. The van der Waals surface area contributed by atoms with E-state index >= 15 is 0 Å². The molecule has 0 saturated carbocycles. The number of esters is 1. The van der Waals surface area contributed by atoms with E-state index in [0.29, 0.717) is 11.1 Å². The number of carbonyl (C=O) groups is 2. The topological polar surface area (TPSA) is 55.4 Å². The molecule has 0 bridgehead atoms. The van der Waals surface area contributed by atoms with Gasteiger partial charge >= 0.3 is 5.97 Å². The average molecular weight is 345 g/mol. The molecule has 4 heteroatoms. The third kappa shape index (κ3) is 4.57. The van der Waals surface area contributed by atoms with Crippen LogP contribution in [0, 0.1) is 0 Å². The maximum atomic E-state index is 12.6. The van der Waals surface area contributed by atoms with Gasteiger partial charge in [-0.3, -0.25) is 4.79 Å². The summed E-state index contributed by atoms with van der Waals surface area (Å²) in [7, 11) is 0. The molecule has 4 nitrogen and oxygen atoms in total. The first-order valence-corrected chi connectivity index (χ1v) is 8.35. The molecule has 26 heavy (non-hydrogen) atoms. The van der Waals surface area contributed by atoms with Crippen molar-refractivity contribution in [2.24, 2.45) is 0 Å². The minimum Gasteiger partial charge on any atom is -0.459 e. The van der Waals surface area contributed by atoms with Crippen molar-refractivity contribution in [2.45, 2.75) is 12.6 Å². The fraction of sp³-hybridized carbons (Fsp3) is 0.0909. The Morgan fingerprint density at radius 1 is 0.769 bits per heavy atom. The fourth-order valence-electron chi connectivity index (χ4n) is 2.54. The lowest BCUT2D eigenvalue weighted by Crippen LogP contribution is -2.34. The van der Waals surface area contributed by atoms with Crippen LogP contribution in [-0.4, -0.2) is 11.9 Å². The molecule has 0 radical (unpaired) electrons. The number of rotatable bonds is 6. The number of amides is 1. The Labute approximate surface area is 152 Å². The largest absolute Gasteiger partial charge is 0.459 e. The molecule has 3 aromatic carbocycles. The fourth-order valence-corrected chi connectivity index (χ4v) is 2.54. The molecule has 130 valence electrons. The molecule has 3 aromatic rings.